The lowest BCUT2D eigenvalue weighted by molar-refractivity contribution is 0.661. The Morgan fingerprint density at radius 3 is 1.09 bits per heavy atom. The number of fused-ring (bicyclic) bond motifs is 8. The highest BCUT2D eigenvalue weighted by molar-refractivity contribution is 6.23. The first-order chi connectivity index (χ1) is 22.1. The molecule has 2 aliphatic carbocycles. The van der Waals surface area contributed by atoms with Gasteiger partial charge in [0.1, 0.15) is 0 Å². The minimum atomic E-state index is -0.0782. The zero-order chi connectivity index (χ0) is 31.5. The minimum absolute atomic E-state index is 0.0782. The standard InChI is InChI=1S/C46H38/c1-27-15-19-29(20-16-27)43-35-23-33-31-11-7-9-13-39(31)45(3,4)41(33)25-37(35)44(30-21-17-28(2)18-22-30)38-26-42-34(24-36(38)43)32-12-8-10-14-40(32)46(42,5)6/h7-26H,1-6H3. The number of hydrogen-bond acceptors (Lipinski definition) is 0. The van der Waals surface area contributed by atoms with Gasteiger partial charge in [-0.15, -0.1) is 0 Å². The fraction of sp³-hybridized carbons (Fsp3) is 0.174. The van der Waals surface area contributed by atoms with Crippen LogP contribution in [-0.2, 0) is 10.8 Å². The van der Waals surface area contributed by atoms with Gasteiger partial charge in [-0.25, -0.2) is 0 Å². The molecule has 0 N–H and O–H groups in total. The van der Waals surface area contributed by atoms with Gasteiger partial charge in [0.05, 0.1) is 0 Å². The molecular formula is C46H38. The third-order valence-electron chi connectivity index (χ3n) is 11.2. The van der Waals surface area contributed by atoms with E-state index in [4.69, 9.17) is 0 Å². The van der Waals surface area contributed by atoms with E-state index in [1.165, 1.54) is 99.4 Å². The normalized spacial score (nSPS) is 15.1. The monoisotopic (exact) mass is 590 g/mol. The molecule has 7 aromatic rings. The molecule has 0 amide bonds. The Hall–Kier alpha value is -4.94. The average molecular weight is 591 g/mol. The fourth-order valence-corrected chi connectivity index (χ4v) is 8.68. The smallest absolute Gasteiger partial charge is 0.0159 e. The summed E-state index contributed by atoms with van der Waals surface area (Å²) in [5.74, 6) is 0. The maximum Gasteiger partial charge on any atom is 0.0159 e. The van der Waals surface area contributed by atoms with Crippen molar-refractivity contribution < 1.29 is 0 Å². The molecule has 0 unspecified atom stereocenters. The van der Waals surface area contributed by atoms with Crippen LogP contribution in [0.15, 0.2) is 121 Å². The first kappa shape index (κ1) is 27.4. The third-order valence-corrected chi connectivity index (χ3v) is 11.2. The van der Waals surface area contributed by atoms with Crippen LogP contribution in [0.1, 0.15) is 61.1 Å². The van der Waals surface area contributed by atoms with Gasteiger partial charge in [0.2, 0.25) is 0 Å². The van der Waals surface area contributed by atoms with Crippen LogP contribution in [0.2, 0.25) is 0 Å². The van der Waals surface area contributed by atoms with Crippen LogP contribution in [0.4, 0.5) is 0 Å². The van der Waals surface area contributed by atoms with Gasteiger partial charge in [0.25, 0.3) is 0 Å². The highest BCUT2D eigenvalue weighted by Gasteiger charge is 2.38. The van der Waals surface area contributed by atoms with E-state index >= 15 is 0 Å². The van der Waals surface area contributed by atoms with Crippen molar-refractivity contribution in [3.8, 4) is 44.5 Å². The SMILES string of the molecule is Cc1ccc(-c2c3cc4c(cc3c(-c3ccc(C)cc3)c3cc5c(cc23)-c2ccccc2C5(C)C)C(C)(C)c2ccccc2-4)cc1. The number of hydrogen-bond donors (Lipinski definition) is 0. The predicted molar refractivity (Wildman–Crippen MR) is 197 cm³/mol. The first-order valence-corrected chi connectivity index (χ1v) is 16.6. The molecule has 7 aromatic carbocycles. The summed E-state index contributed by atoms with van der Waals surface area (Å²) in [5.41, 5.74) is 18.7. The molecule has 0 atom stereocenters. The van der Waals surface area contributed by atoms with Crippen LogP contribution in [-0.4, -0.2) is 0 Å². The van der Waals surface area contributed by atoms with Crippen molar-refractivity contribution in [2.45, 2.75) is 52.4 Å². The van der Waals surface area contributed by atoms with Crippen LogP contribution < -0.4 is 0 Å². The van der Waals surface area contributed by atoms with Crippen LogP contribution in [0.5, 0.6) is 0 Å². The second kappa shape index (κ2) is 9.30. The van der Waals surface area contributed by atoms with E-state index in [9.17, 15) is 0 Å². The zero-order valence-electron chi connectivity index (χ0n) is 27.5. The van der Waals surface area contributed by atoms with Crippen LogP contribution in [0, 0.1) is 13.8 Å². The highest BCUT2D eigenvalue weighted by Crippen LogP contribution is 2.56. The lowest BCUT2D eigenvalue weighted by atomic mass is 9.78. The number of aryl methyl sites for hydroxylation is 2. The molecule has 0 bridgehead atoms. The molecule has 0 radical (unpaired) electrons. The van der Waals surface area contributed by atoms with E-state index in [0.717, 1.165) is 0 Å². The maximum atomic E-state index is 2.55. The van der Waals surface area contributed by atoms with Crippen molar-refractivity contribution in [1.29, 1.82) is 0 Å². The Morgan fingerprint density at radius 1 is 0.348 bits per heavy atom. The van der Waals surface area contributed by atoms with E-state index in [0.29, 0.717) is 0 Å². The molecule has 9 rings (SSSR count). The van der Waals surface area contributed by atoms with Gasteiger partial charge in [-0.1, -0.05) is 136 Å². The highest BCUT2D eigenvalue weighted by atomic mass is 14.4. The molecule has 0 heterocycles. The second-order valence-electron chi connectivity index (χ2n) is 14.7. The summed E-state index contributed by atoms with van der Waals surface area (Å²) in [5, 5.41) is 5.31. The lowest BCUT2D eigenvalue weighted by Gasteiger charge is -2.25. The Balaban J connectivity index is 1.52. The molecule has 0 saturated carbocycles. The Labute approximate surface area is 272 Å². The number of benzene rings is 7. The van der Waals surface area contributed by atoms with Gasteiger partial charge in [0, 0.05) is 10.8 Å². The molecule has 0 fully saturated rings. The van der Waals surface area contributed by atoms with Crippen molar-refractivity contribution in [2.24, 2.45) is 0 Å². The van der Waals surface area contributed by atoms with Gasteiger partial charge >= 0.3 is 0 Å². The molecule has 0 aromatic heterocycles. The molecule has 222 valence electrons. The lowest BCUT2D eigenvalue weighted by Crippen LogP contribution is -2.15. The predicted octanol–water partition coefficient (Wildman–Crippen LogP) is 12.6. The Bertz CT molecular complexity index is 2270. The molecule has 46 heavy (non-hydrogen) atoms. The van der Waals surface area contributed by atoms with Gasteiger partial charge in [-0.2, -0.15) is 0 Å². The van der Waals surface area contributed by atoms with Crippen molar-refractivity contribution in [3.63, 3.8) is 0 Å². The second-order valence-corrected chi connectivity index (χ2v) is 14.7. The van der Waals surface area contributed by atoms with E-state index in [-0.39, 0.29) is 10.8 Å². The van der Waals surface area contributed by atoms with E-state index in [2.05, 4.69) is 163 Å². The Kier molecular flexibility index (Phi) is 5.54. The largest absolute Gasteiger partial charge is 0.0619 e. The topological polar surface area (TPSA) is 0 Å². The average Bonchev–Trinajstić information content (AvgIpc) is 3.42. The summed E-state index contributed by atoms with van der Waals surface area (Å²) < 4.78 is 0. The van der Waals surface area contributed by atoms with E-state index in [1.54, 1.807) is 0 Å². The minimum Gasteiger partial charge on any atom is -0.0619 e. The molecule has 0 aliphatic heterocycles. The zero-order valence-corrected chi connectivity index (χ0v) is 27.5. The van der Waals surface area contributed by atoms with Crippen LogP contribution in [0.3, 0.4) is 0 Å². The summed E-state index contributed by atoms with van der Waals surface area (Å²) in [6.45, 7) is 13.9. The molecular weight excluding hydrogens is 553 g/mol. The van der Waals surface area contributed by atoms with Gasteiger partial charge in [-0.05, 0) is 126 Å². The maximum absolute atomic E-state index is 2.55. The van der Waals surface area contributed by atoms with Crippen molar-refractivity contribution >= 4 is 21.5 Å². The van der Waals surface area contributed by atoms with Crippen LogP contribution >= 0.6 is 0 Å². The number of rotatable bonds is 2. The van der Waals surface area contributed by atoms with Crippen molar-refractivity contribution in [1.82, 2.24) is 0 Å². The molecule has 0 nitrogen and oxygen atoms in total. The quantitative estimate of drug-likeness (QED) is 0.176. The summed E-state index contributed by atoms with van der Waals surface area (Å²) in [4.78, 5) is 0. The molecule has 2 aliphatic rings. The van der Waals surface area contributed by atoms with Crippen LogP contribution in [0.25, 0.3) is 66.1 Å². The van der Waals surface area contributed by atoms with E-state index in [1.807, 2.05) is 0 Å². The first-order valence-electron chi connectivity index (χ1n) is 16.6. The van der Waals surface area contributed by atoms with Gasteiger partial charge in [-0.3, -0.25) is 0 Å². The summed E-state index contributed by atoms with van der Waals surface area (Å²) >= 11 is 0. The van der Waals surface area contributed by atoms with E-state index < -0.39 is 0 Å². The summed E-state index contributed by atoms with van der Waals surface area (Å²) in [6, 6.07) is 46.5. The third kappa shape index (κ3) is 3.62. The molecule has 0 saturated heterocycles. The Morgan fingerprint density at radius 2 is 0.696 bits per heavy atom. The fourth-order valence-electron chi connectivity index (χ4n) is 8.68. The molecule has 0 spiro atoms. The summed E-state index contributed by atoms with van der Waals surface area (Å²) in [7, 11) is 0. The van der Waals surface area contributed by atoms with Gasteiger partial charge in [0.15, 0.2) is 0 Å². The molecule has 0 heteroatoms. The van der Waals surface area contributed by atoms with Crippen molar-refractivity contribution in [2.75, 3.05) is 0 Å². The van der Waals surface area contributed by atoms with Crippen molar-refractivity contribution in [3.05, 3.63) is 155 Å². The summed E-state index contributed by atoms with van der Waals surface area (Å²) in [6.07, 6.45) is 0. The van der Waals surface area contributed by atoms with Gasteiger partial charge < -0.3 is 0 Å².